The summed E-state index contributed by atoms with van der Waals surface area (Å²) in [6.45, 7) is 8.00. The molecular formula is C19H20N2O2. The smallest absolute Gasteiger partial charge is 0.266 e. The number of carbonyl (C=O) groups excluding carboxylic acids is 1. The summed E-state index contributed by atoms with van der Waals surface area (Å²) >= 11 is 0. The fourth-order valence-electron chi connectivity index (χ4n) is 2.49. The van der Waals surface area contributed by atoms with E-state index in [-0.39, 0.29) is 17.2 Å². The van der Waals surface area contributed by atoms with Crippen molar-refractivity contribution in [1.82, 2.24) is 9.55 Å². The van der Waals surface area contributed by atoms with Crippen molar-refractivity contribution in [2.45, 2.75) is 27.7 Å². The first-order valence-electron chi connectivity index (χ1n) is 7.93. The lowest BCUT2D eigenvalue weighted by Gasteiger charge is -2.04. The SMILES string of the molecule is CC.CC.O=C1c2ccccc2-n2c1nc1ccccc1c2=O. The van der Waals surface area contributed by atoms with Crippen molar-refractivity contribution in [3.8, 4) is 5.69 Å². The predicted molar refractivity (Wildman–Crippen MR) is 93.5 cm³/mol. The third kappa shape index (κ3) is 2.57. The van der Waals surface area contributed by atoms with Gasteiger partial charge >= 0.3 is 0 Å². The molecule has 0 amide bonds. The number of hydrogen-bond donors (Lipinski definition) is 0. The Kier molecular flexibility index (Phi) is 5.06. The number of benzene rings is 2. The van der Waals surface area contributed by atoms with Crippen LogP contribution < -0.4 is 5.56 Å². The Labute approximate surface area is 135 Å². The fourth-order valence-corrected chi connectivity index (χ4v) is 2.49. The molecule has 0 N–H and O–H groups in total. The van der Waals surface area contributed by atoms with Gasteiger partial charge in [0.05, 0.1) is 22.2 Å². The first kappa shape index (κ1) is 16.6. The standard InChI is InChI=1S/C15H8N2O2.2C2H6/c18-13-10-6-2-4-8-12(10)17-14(13)16-11-7-3-1-5-9(11)15(17)19;2*1-2/h1-8H;2*1-2H3. The molecule has 2 heterocycles. The first-order valence-corrected chi connectivity index (χ1v) is 7.93. The largest absolute Gasteiger partial charge is 0.285 e. The highest BCUT2D eigenvalue weighted by molar-refractivity contribution is 6.13. The molecule has 1 aromatic heterocycles. The van der Waals surface area contributed by atoms with Gasteiger partial charge in [0.15, 0.2) is 5.82 Å². The highest BCUT2D eigenvalue weighted by atomic mass is 16.1. The Morgan fingerprint density at radius 1 is 0.826 bits per heavy atom. The Hall–Kier alpha value is -2.75. The summed E-state index contributed by atoms with van der Waals surface area (Å²) in [5, 5.41) is 0.524. The van der Waals surface area contributed by atoms with E-state index in [1.165, 1.54) is 4.57 Å². The van der Waals surface area contributed by atoms with Gasteiger partial charge in [-0.15, -0.1) is 0 Å². The van der Waals surface area contributed by atoms with Crippen molar-refractivity contribution in [1.29, 1.82) is 0 Å². The zero-order chi connectivity index (χ0) is 17.0. The van der Waals surface area contributed by atoms with E-state index in [4.69, 9.17) is 0 Å². The van der Waals surface area contributed by atoms with Gasteiger partial charge in [-0.05, 0) is 24.3 Å². The normalized spacial score (nSPS) is 10.9. The van der Waals surface area contributed by atoms with E-state index in [1.54, 1.807) is 42.5 Å². The van der Waals surface area contributed by atoms with Crippen molar-refractivity contribution in [3.63, 3.8) is 0 Å². The van der Waals surface area contributed by atoms with Crippen molar-refractivity contribution >= 4 is 16.7 Å². The van der Waals surface area contributed by atoms with Crippen LogP contribution in [0.5, 0.6) is 0 Å². The van der Waals surface area contributed by atoms with E-state index in [0.29, 0.717) is 22.2 Å². The van der Waals surface area contributed by atoms with Gasteiger partial charge in [-0.25, -0.2) is 4.98 Å². The van der Waals surface area contributed by atoms with Gasteiger partial charge in [-0.2, -0.15) is 0 Å². The van der Waals surface area contributed by atoms with Crippen molar-refractivity contribution in [2.75, 3.05) is 0 Å². The van der Waals surface area contributed by atoms with E-state index >= 15 is 0 Å². The number of fused-ring (bicyclic) bond motifs is 4. The molecule has 3 aromatic rings. The number of para-hydroxylation sites is 2. The molecule has 0 bridgehead atoms. The second-order valence-corrected chi connectivity index (χ2v) is 4.44. The van der Waals surface area contributed by atoms with Crippen LogP contribution in [-0.2, 0) is 0 Å². The van der Waals surface area contributed by atoms with E-state index in [2.05, 4.69) is 4.98 Å². The lowest BCUT2D eigenvalue weighted by Crippen LogP contribution is -2.21. The van der Waals surface area contributed by atoms with Crippen LogP contribution in [0.15, 0.2) is 53.3 Å². The van der Waals surface area contributed by atoms with Gasteiger partial charge in [0.25, 0.3) is 5.56 Å². The molecule has 23 heavy (non-hydrogen) atoms. The molecule has 0 radical (unpaired) electrons. The van der Waals surface area contributed by atoms with Gasteiger partial charge < -0.3 is 0 Å². The summed E-state index contributed by atoms with van der Waals surface area (Å²) in [5.74, 6) is 0.00310. The lowest BCUT2D eigenvalue weighted by atomic mass is 10.1. The molecule has 0 saturated carbocycles. The van der Waals surface area contributed by atoms with Gasteiger partial charge in [0.1, 0.15) is 0 Å². The number of rotatable bonds is 0. The first-order chi connectivity index (χ1) is 11.3. The maximum Gasteiger partial charge on any atom is 0.266 e. The molecule has 1 aliphatic rings. The zero-order valence-corrected chi connectivity index (χ0v) is 13.8. The monoisotopic (exact) mass is 308 g/mol. The minimum atomic E-state index is -0.196. The molecule has 0 aliphatic carbocycles. The average Bonchev–Trinajstić information content (AvgIpc) is 2.92. The van der Waals surface area contributed by atoms with Crippen LogP contribution in [0, 0.1) is 0 Å². The average molecular weight is 308 g/mol. The number of hydrogen-bond acceptors (Lipinski definition) is 3. The summed E-state index contributed by atoms with van der Waals surface area (Å²) < 4.78 is 1.40. The lowest BCUT2D eigenvalue weighted by molar-refractivity contribution is 0.103. The van der Waals surface area contributed by atoms with Crippen molar-refractivity contribution in [2.24, 2.45) is 0 Å². The van der Waals surface area contributed by atoms with Gasteiger partial charge in [0.2, 0.25) is 5.78 Å². The van der Waals surface area contributed by atoms with Crippen LogP contribution in [-0.4, -0.2) is 15.3 Å². The Bertz CT molecular complexity index is 911. The molecule has 0 atom stereocenters. The minimum absolute atomic E-state index is 0.195. The van der Waals surface area contributed by atoms with Crippen LogP contribution in [0.3, 0.4) is 0 Å². The number of ketones is 1. The molecule has 118 valence electrons. The molecule has 4 heteroatoms. The Morgan fingerprint density at radius 3 is 2.17 bits per heavy atom. The van der Waals surface area contributed by atoms with E-state index in [0.717, 1.165) is 0 Å². The van der Waals surface area contributed by atoms with Gasteiger partial charge in [-0.1, -0.05) is 52.0 Å². The molecule has 0 unspecified atom stereocenters. The topological polar surface area (TPSA) is 52.0 Å². The van der Waals surface area contributed by atoms with Crippen molar-refractivity contribution < 1.29 is 4.79 Å². The summed E-state index contributed by atoms with van der Waals surface area (Å²) in [6.07, 6.45) is 0. The summed E-state index contributed by atoms with van der Waals surface area (Å²) in [6, 6.07) is 14.1. The number of aromatic nitrogens is 2. The van der Waals surface area contributed by atoms with Gasteiger partial charge in [-0.3, -0.25) is 14.2 Å². The highest BCUT2D eigenvalue weighted by Crippen LogP contribution is 2.25. The third-order valence-electron chi connectivity index (χ3n) is 3.37. The maximum absolute atomic E-state index is 12.5. The van der Waals surface area contributed by atoms with E-state index in [1.807, 2.05) is 33.8 Å². The van der Waals surface area contributed by atoms with Crippen LogP contribution >= 0.6 is 0 Å². The maximum atomic E-state index is 12.5. The summed E-state index contributed by atoms with van der Waals surface area (Å²) in [4.78, 5) is 29.1. The van der Waals surface area contributed by atoms with Crippen LogP contribution in [0.25, 0.3) is 16.6 Å². The second kappa shape index (κ2) is 7.01. The van der Waals surface area contributed by atoms with Crippen molar-refractivity contribution in [3.05, 3.63) is 70.3 Å². The molecule has 1 aliphatic heterocycles. The fraction of sp³-hybridized carbons (Fsp3) is 0.211. The molecule has 0 spiro atoms. The van der Waals surface area contributed by atoms with Crippen LogP contribution in [0.4, 0.5) is 0 Å². The number of nitrogens with zero attached hydrogens (tertiary/aromatic N) is 2. The Morgan fingerprint density at radius 2 is 1.43 bits per heavy atom. The zero-order valence-electron chi connectivity index (χ0n) is 13.8. The molecule has 0 saturated heterocycles. The van der Waals surface area contributed by atoms with E-state index in [9.17, 15) is 9.59 Å². The Balaban J connectivity index is 0.000000448. The minimum Gasteiger partial charge on any atom is -0.285 e. The van der Waals surface area contributed by atoms with Crippen LogP contribution in [0.1, 0.15) is 43.9 Å². The highest BCUT2D eigenvalue weighted by Gasteiger charge is 2.29. The van der Waals surface area contributed by atoms with E-state index < -0.39 is 0 Å². The summed E-state index contributed by atoms with van der Waals surface area (Å²) in [7, 11) is 0. The quantitative estimate of drug-likeness (QED) is 0.493. The number of carbonyl (C=O) groups is 1. The summed E-state index contributed by atoms with van der Waals surface area (Å²) in [5.41, 5.74) is 1.51. The molecule has 4 rings (SSSR count). The molecule has 0 fully saturated rings. The molecule has 2 aromatic carbocycles. The van der Waals surface area contributed by atoms with Gasteiger partial charge in [0, 0.05) is 0 Å². The predicted octanol–water partition coefficient (Wildman–Crippen LogP) is 3.98. The molecule has 4 nitrogen and oxygen atoms in total. The third-order valence-corrected chi connectivity index (χ3v) is 3.37. The second-order valence-electron chi connectivity index (χ2n) is 4.44. The molecular weight excluding hydrogens is 288 g/mol. The van der Waals surface area contributed by atoms with Crippen LogP contribution in [0.2, 0.25) is 0 Å².